The molecule has 3 rings (SSSR count). The Labute approximate surface area is 139 Å². The van der Waals surface area contributed by atoms with Gasteiger partial charge in [0.2, 0.25) is 0 Å². The SMILES string of the molecule is COC1CCN(C2CCN(C(=O)c3ccccc3C)CC2)CC1. The summed E-state index contributed by atoms with van der Waals surface area (Å²) in [5.74, 6) is 0.194. The van der Waals surface area contributed by atoms with Gasteiger partial charge in [0.15, 0.2) is 0 Å². The molecule has 0 aliphatic carbocycles. The normalized spacial score (nSPS) is 21.6. The van der Waals surface area contributed by atoms with Crippen molar-refractivity contribution in [3.63, 3.8) is 0 Å². The van der Waals surface area contributed by atoms with Crippen LogP contribution in [-0.2, 0) is 4.74 Å². The van der Waals surface area contributed by atoms with Crippen LogP contribution in [0.5, 0.6) is 0 Å². The van der Waals surface area contributed by atoms with Gasteiger partial charge in [-0.3, -0.25) is 4.79 Å². The Morgan fingerprint density at radius 1 is 1.04 bits per heavy atom. The Morgan fingerprint density at radius 2 is 1.70 bits per heavy atom. The topological polar surface area (TPSA) is 32.8 Å². The summed E-state index contributed by atoms with van der Waals surface area (Å²) in [4.78, 5) is 17.3. The number of hydrogen-bond donors (Lipinski definition) is 0. The fourth-order valence-electron chi connectivity index (χ4n) is 3.89. The van der Waals surface area contributed by atoms with Crippen LogP contribution in [0.3, 0.4) is 0 Å². The van der Waals surface area contributed by atoms with Gasteiger partial charge in [0.25, 0.3) is 5.91 Å². The molecule has 1 aromatic carbocycles. The highest BCUT2D eigenvalue weighted by Gasteiger charge is 2.30. The Balaban J connectivity index is 1.53. The minimum atomic E-state index is 0.194. The minimum absolute atomic E-state index is 0.194. The number of amides is 1. The lowest BCUT2D eigenvalue weighted by atomic mass is 9.98. The second-order valence-electron chi connectivity index (χ2n) is 6.81. The first-order valence-electron chi connectivity index (χ1n) is 8.81. The van der Waals surface area contributed by atoms with Crippen molar-refractivity contribution in [1.82, 2.24) is 9.80 Å². The number of piperidine rings is 2. The first kappa shape index (κ1) is 16.5. The molecule has 2 aliphatic rings. The van der Waals surface area contributed by atoms with Gasteiger partial charge in [-0.2, -0.15) is 0 Å². The lowest BCUT2D eigenvalue weighted by Crippen LogP contribution is -2.49. The smallest absolute Gasteiger partial charge is 0.254 e. The van der Waals surface area contributed by atoms with Crippen molar-refractivity contribution >= 4 is 5.91 Å². The summed E-state index contributed by atoms with van der Waals surface area (Å²) >= 11 is 0. The quantitative estimate of drug-likeness (QED) is 0.859. The maximum absolute atomic E-state index is 12.7. The average Bonchev–Trinajstić information content (AvgIpc) is 2.62. The fraction of sp³-hybridized carbons (Fsp3) is 0.632. The molecule has 1 amide bonds. The predicted molar refractivity (Wildman–Crippen MR) is 91.7 cm³/mol. The van der Waals surface area contributed by atoms with Crippen molar-refractivity contribution < 1.29 is 9.53 Å². The maximum atomic E-state index is 12.7. The van der Waals surface area contributed by atoms with E-state index < -0.39 is 0 Å². The van der Waals surface area contributed by atoms with E-state index in [2.05, 4.69) is 4.90 Å². The van der Waals surface area contributed by atoms with Gasteiger partial charge in [0, 0.05) is 44.9 Å². The van der Waals surface area contributed by atoms with Gasteiger partial charge in [0.1, 0.15) is 0 Å². The summed E-state index contributed by atoms with van der Waals surface area (Å²) in [6.07, 6.45) is 4.90. The van der Waals surface area contributed by atoms with Crippen LogP contribution < -0.4 is 0 Å². The number of likely N-dealkylation sites (tertiary alicyclic amines) is 2. The fourth-order valence-corrected chi connectivity index (χ4v) is 3.89. The van der Waals surface area contributed by atoms with E-state index in [1.54, 1.807) is 0 Å². The molecule has 0 spiro atoms. The lowest BCUT2D eigenvalue weighted by molar-refractivity contribution is 0.0145. The highest BCUT2D eigenvalue weighted by molar-refractivity contribution is 5.95. The third kappa shape index (κ3) is 3.75. The van der Waals surface area contributed by atoms with Gasteiger partial charge in [-0.15, -0.1) is 0 Å². The van der Waals surface area contributed by atoms with Gasteiger partial charge in [-0.1, -0.05) is 18.2 Å². The molecule has 2 aliphatic heterocycles. The van der Waals surface area contributed by atoms with Crippen molar-refractivity contribution in [3.8, 4) is 0 Å². The van der Waals surface area contributed by atoms with Crippen LogP contribution in [0, 0.1) is 6.92 Å². The van der Waals surface area contributed by atoms with E-state index in [1.165, 1.54) is 0 Å². The predicted octanol–water partition coefficient (Wildman–Crippen LogP) is 2.71. The molecule has 23 heavy (non-hydrogen) atoms. The largest absolute Gasteiger partial charge is 0.381 e. The zero-order valence-corrected chi connectivity index (χ0v) is 14.3. The van der Waals surface area contributed by atoms with Crippen LogP contribution in [0.1, 0.15) is 41.6 Å². The van der Waals surface area contributed by atoms with Crippen LogP contribution in [-0.4, -0.2) is 61.1 Å². The summed E-state index contributed by atoms with van der Waals surface area (Å²) < 4.78 is 5.46. The Bertz CT molecular complexity index is 530. The molecule has 4 heteroatoms. The monoisotopic (exact) mass is 316 g/mol. The van der Waals surface area contributed by atoms with E-state index in [1.807, 2.05) is 43.2 Å². The molecule has 2 fully saturated rings. The van der Waals surface area contributed by atoms with Crippen LogP contribution >= 0.6 is 0 Å². The molecule has 0 bridgehead atoms. The number of carbonyl (C=O) groups excluding carboxylic acids is 1. The van der Waals surface area contributed by atoms with Crippen LogP contribution in [0.25, 0.3) is 0 Å². The lowest BCUT2D eigenvalue weighted by Gasteiger charge is -2.41. The number of aryl methyl sites for hydroxylation is 1. The summed E-state index contributed by atoms with van der Waals surface area (Å²) in [7, 11) is 1.82. The molecule has 4 nitrogen and oxygen atoms in total. The Kier molecular flexibility index (Phi) is 5.34. The van der Waals surface area contributed by atoms with Gasteiger partial charge < -0.3 is 14.5 Å². The van der Waals surface area contributed by atoms with Crippen molar-refractivity contribution in [3.05, 3.63) is 35.4 Å². The van der Waals surface area contributed by atoms with E-state index in [-0.39, 0.29) is 5.91 Å². The third-order valence-corrected chi connectivity index (χ3v) is 5.45. The molecular weight excluding hydrogens is 288 g/mol. The molecule has 1 aromatic rings. The number of rotatable bonds is 3. The van der Waals surface area contributed by atoms with Crippen LogP contribution in [0.4, 0.5) is 0 Å². The molecule has 126 valence electrons. The molecule has 0 saturated carbocycles. The second kappa shape index (κ2) is 7.45. The highest BCUT2D eigenvalue weighted by atomic mass is 16.5. The Morgan fingerprint density at radius 3 is 2.30 bits per heavy atom. The molecular formula is C19H28N2O2. The molecule has 0 radical (unpaired) electrons. The highest BCUT2D eigenvalue weighted by Crippen LogP contribution is 2.23. The van der Waals surface area contributed by atoms with E-state index >= 15 is 0 Å². The van der Waals surface area contributed by atoms with Crippen molar-refractivity contribution in [2.24, 2.45) is 0 Å². The standard InChI is InChI=1S/C19H28N2O2/c1-15-5-3-4-6-18(15)19(22)21-11-7-16(8-12-21)20-13-9-17(23-2)10-14-20/h3-6,16-17H,7-14H2,1-2H3. The molecule has 0 aromatic heterocycles. The van der Waals surface area contributed by atoms with Crippen molar-refractivity contribution in [2.75, 3.05) is 33.3 Å². The minimum Gasteiger partial charge on any atom is -0.381 e. The van der Waals surface area contributed by atoms with E-state index in [0.29, 0.717) is 12.1 Å². The second-order valence-corrected chi connectivity index (χ2v) is 6.81. The summed E-state index contributed by atoms with van der Waals surface area (Å²) in [5.41, 5.74) is 1.92. The van der Waals surface area contributed by atoms with Crippen LogP contribution in [0.15, 0.2) is 24.3 Å². The van der Waals surface area contributed by atoms with Crippen molar-refractivity contribution in [2.45, 2.75) is 44.8 Å². The summed E-state index contributed by atoms with van der Waals surface area (Å²) in [6, 6.07) is 8.53. The van der Waals surface area contributed by atoms with Gasteiger partial charge in [-0.25, -0.2) is 0 Å². The van der Waals surface area contributed by atoms with E-state index in [9.17, 15) is 4.79 Å². The third-order valence-electron chi connectivity index (χ3n) is 5.45. The molecule has 0 unspecified atom stereocenters. The van der Waals surface area contributed by atoms with Gasteiger partial charge >= 0.3 is 0 Å². The maximum Gasteiger partial charge on any atom is 0.254 e. The average molecular weight is 316 g/mol. The first-order valence-corrected chi connectivity index (χ1v) is 8.81. The van der Waals surface area contributed by atoms with Crippen LogP contribution in [0.2, 0.25) is 0 Å². The summed E-state index contributed by atoms with van der Waals surface area (Å²) in [6.45, 7) is 6.04. The van der Waals surface area contributed by atoms with Crippen molar-refractivity contribution in [1.29, 1.82) is 0 Å². The Hall–Kier alpha value is -1.39. The number of benzene rings is 1. The number of carbonyl (C=O) groups is 1. The van der Waals surface area contributed by atoms with Gasteiger partial charge in [-0.05, 0) is 44.2 Å². The van der Waals surface area contributed by atoms with Gasteiger partial charge in [0.05, 0.1) is 6.10 Å². The molecule has 2 saturated heterocycles. The zero-order valence-electron chi connectivity index (χ0n) is 14.3. The first-order chi connectivity index (χ1) is 11.2. The van der Waals surface area contributed by atoms with E-state index in [0.717, 1.165) is 63.0 Å². The number of nitrogens with zero attached hydrogens (tertiary/aromatic N) is 2. The number of methoxy groups -OCH3 is 1. The number of hydrogen-bond acceptors (Lipinski definition) is 3. The molecule has 2 heterocycles. The van der Waals surface area contributed by atoms with E-state index in [4.69, 9.17) is 4.74 Å². The summed E-state index contributed by atoms with van der Waals surface area (Å²) in [5, 5.41) is 0. The molecule has 0 atom stereocenters. The number of ether oxygens (including phenoxy) is 1. The zero-order chi connectivity index (χ0) is 16.2. The molecule has 0 N–H and O–H groups in total.